The second-order valence-corrected chi connectivity index (χ2v) is 5.58. The number of aromatic nitrogens is 2. The van der Waals surface area contributed by atoms with Gasteiger partial charge in [0.25, 0.3) is 0 Å². The van der Waals surface area contributed by atoms with Crippen molar-refractivity contribution in [2.24, 2.45) is 0 Å². The third-order valence-electron chi connectivity index (χ3n) is 3.24. The summed E-state index contributed by atoms with van der Waals surface area (Å²) in [6, 6.07) is 16.5. The highest BCUT2D eigenvalue weighted by molar-refractivity contribution is 9.10. The molecule has 0 bridgehead atoms. The van der Waals surface area contributed by atoms with Crippen LogP contribution in [0.3, 0.4) is 0 Å². The lowest BCUT2D eigenvalue weighted by Crippen LogP contribution is -2.06. The molecule has 4 heteroatoms. The molecule has 3 aromatic rings. The lowest BCUT2D eigenvalue weighted by molar-refractivity contribution is 0.175. The largest absolute Gasteiger partial charge is 0.377 e. The maximum Gasteiger partial charge on any atom is 0.136 e. The van der Waals surface area contributed by atoms with Crippen molar-refractivity contribution in [1.29, 1.82) is 0 Å². The average Bonchev–Trinajstić information content (AvgIpc) is 2.78. The Bertz CT molecular complexity index is 736. The summed E-state index contributed by atoms with van der Waals surface area (Å²) >= 11 is 3.52. The van der Waals surface area contributed by atoms with Crippen molar-refractivity contribution in [2.45, 2.75) is 13.2 Å². The summed E-state index contributed by atoms with van der Waals surface area (Å²) < 4.78 is 8.57. The molecule has 0 radical (unpaired) electrons. The maximum atomic E-state index is 5.27. The van der Waals surface area contributed by atoms with E-state index in [1.165, 1.54) is 5.56 Å². The Morgan fingerprint density at radius 1 is 1.15 bits per heavy atom. The fourth-order valence-corrected chi connectivity index (χ4v) is 2.81. The molecule has 0 saturated heterocycles. The van der Waals surface area contributed by atoms with Crippen LogP contribution in [0.4, 0.5) is 0 Å². The second kappa shape index (κ2) is 5.77. The minimum Gasteiger partial charge on any atom is -0.377 e. The minimum absolute atomic E-state index is 0.517. The molecule has 0 spiro atoms. The molecule has 0 aliphatic rings. The standard InChI is InChI=1S/C16H15BrN2O/c1-20-11-16-18-14-7-2-3-8-15(14)19(16)10-12-5-4-6-13(17)9-12/h2-9H,10-11H2,1H3. The van der Waals surface area contributed by atoms with Gasteiger partial charge in [0.15, 0.2) is 0 Å². The second-order valence-electron chi connectivity index (χ2n) is 4.67. The molecular weight excluding hydrogens is 316 g/mol. The number of hydrogen-bond acceptors (Lipinski definition) is 2. The van der Waals surface area contributed by atoms with E-state index in [4.69, 9.17) is 4.74 Å². The summed E-state index contributed by atoms with van der Waals surface area (Å²) in [4.78, 5) is 4.65. The van der Waals surface area contributed by atoms with Gasteiger partial charge in [-0.05, 0) is 29.8 Å². The molecule has 2 aromatic carbocycles. The molecule has 0 aliphatic carbocycles. The van der Waals surface area contributed by atoms with Crippen LogP contribution in [-0.2, 0) is 17.9 Å². The van der Waals surface area contributed by atoms with E-state index < -0.39 is 0 Å². The highest BCUT2D eigenvalue weighted by Crippen LogP contribution is 2.20. The van der Waals surface area contributed by atoms with Gasteiger partial charge >= 0.3 is 0 Å². The summed E-state index contributed by atoms with van der Waals surface area (Å²) in [5.41, 5.74) is 3.38. The van der Waals surface area contributed by atoms with Gasteiger partial charge in [0, 0.05) is 18.1 Å². The van der Waals surface area contributed by atoms with Crippen LogP contribution in [0.25, 0.3) is 11.0 Å². The van der Waals surface area contributed by atoms with E-state index in [1.807, 2.05) is 24.3 Å². The van der Waals surface area contributed by atoms with E-state index in [0.29, 0.717) is 6.61 Å². The molecule has 20 heavy (non-hydrogen) atoms. The monoisotopic (exact) mass is 330 g/mol. The molecule has 0 aliphatic heterocycles. The molecule has 102 valence electrons. The van der Waals surface area contributed by atoms with Crippen molar-refractivity contribution in [3.8, 4) is 0 Å². The van der Waals surface area contributed by atoms with Crippen LogP contribution >= 0.6 is 15.9 Å². The predicted molar refractivity (Wildman–Crippen MR) is 83.7 cm³/mol. The van der Waals surface area contributed by atoms with Crippen LogP contribution in [-0.4, -0.2) is 16.7 Å². The zero-order valence-corrected chi connectivity index (χ0v) is 12.8. The Labute approximate surface area is 126 Å². The minimum atomic E-state index is 0.517. The summed E-state index contributed by atoms with van der Waals surface area (Å²) in [5, 5.41) is 0. The van der Waals surface area contributed by atoms with Crippen LogP contribution in [0, 0.1) is 0 Å². The highest BCUT2D eigenvalue weighted by Gasteiger charge is 2.10. The van der Waals surface area contributed by atoms with Crippen molar-refractivity contribution in [1.82, 2.24) is 9.55 Å². The van der Waals surface area contributed by atoms with Gasteiger partial charge in [0.1, 0.15) is 12.4 Å². The third kappa shape index (κ3) is 2.62. The Morgan fingerprint density at radius 2 is 2.00 bits per heavy atom. The van der Waals surface area contributed by atoms with E-state index in [-0.39, 0.29) is 0 Å². The molecule has 1 heterocycles. The van der Waals surface area contributed by atoms with Gasteiger partial charge in [-0.25, -0.2) is 4.98 Å². The van der Waals surface area contributed by atoms with Gasteiger partial charge in [-0.3, -0.25) is 0 Å². The van der Waals surface area contributed by atoms with Crippen LogP contribution in [0.15, 0.2) is 53.0 Å². The van der Waals surface area contributed by atoms with E-state index in [2.05, 4.69) is 49.7 Å². The van der Waals surface area contributed by atoms with E-state index in [9.17, 15) is 0 Å². The molecule has 0 fully saturated rings. The molecule has 1 aromatic heterocycles. The summed E-state index contributed by atoms with van der Waals surface area (Å²) in [6.07, 6.45) is 0. The SMILES string of the molecule is COCc1nc2ccccc2n1Cc1cccc(Br)c1. The summed E-state index contributed by atoms with van der Waals surface area (Å²) in [6.45, 7) is 1.31. The van der Waals surface area contributed by atoms with Crippen LogP contribution in [0.5, 0.6) is 0 Å². The van der Waals surface area contributed by atoms with Crippen molar-refractivity contribution in [3.63, 3.8) is 0 Å². The molecule has 0 saturated carbocycles. The van der Waals surface area contributed by atoms with Gasteiger partial charge in [0.2, 0.25) is 0 Å². The lowest BCUT2D eigenvalue weighted by atomic mass is 10.2. The first kappa shape index (κ1) is 13.3. The number of halogens is 1. The number of hydrogen-bond donors (Lipinski definition) is 0. The summed E-state index contributed by atoms with van der Waals surface area (Å²) in [5.74, 6) is 0.952. The van der Waals surface area contributed by atoms with Gasteiger partial charge < -0.3 is 9.30 Å². The fraction of sp³-hybridized carbons (Fsp3) is 0.188. The number of para-hydroxylation sites is 2. The van der Waals surface area contributed by atoms with Crippen molar-refractivity contribution < 1.29 is 4.74 Å². The Morgan fingerprint density at radius 3 is 2.80 bits per heavy atom. The number of ether oxygens (including phenoxy) is 1. The number of benzene rings is 2. The van der Waals surface area contributed by atoms with Crippen LogP contribution < -0.4 is 0 Å². The van der Waals surface area contributed by atoms with E-state index >= 15 is 0 Å². The average molecular weight is 331 g/mol. The number of fused-ring (bicyclic) bond motifs is 1. The normalized spacial score (nSPS) is 11.1. The van der Waals surface area contributed by atoms with Gasteiger partial charge in [-0.15, -0.1) is 0 Å². The fourth-order valence-electron chi connectivity index (χ4n) is 2.36. The van der Waals surface area contributed by atoms with Crippen molar-refractivity contribution in [2.75, 3.05) is 7.11 Å². The topological polar surface area (TPSA) is 27.1 Å². The molecular formula is C16H15BrN2O. The summed E-state index contributed by atoms with van der Waals surface area (Å²) in [7, 11) is 1.70. The zero-order valence-electron chi connectivity index (χ0n) is 11.2. The van der Waals surface area contributed by atoms with Gasteiger partial charge in [0.05, 0.1) is 11.0 Å². The van der Waals surface area contributed by atoms with Crippen molar-refractivity contribution in [3.05, 3.63) is 64.4 Å². The number of methoxy groups -OCH3 is 1. The number of rotatable bonds is 4. The first-order chi connectivity index (χ1) is 9.78. The van der Waals surface area contributed by atoms with Crippen molar-refractivity contribution >= 4 is 27.0 Å². The zero-order chi connectivity index (χ0) is 13.9. The first-order valence-electron chi connectivity index (χ1n) is 6.45. The van der Waals surface area contributed by atoms with Crippen LogP contribution in [0.1, 0.15) is 11.4 Å². The van der Waals surface area contributed by atoms with E-state index in [1.54, 1.807) is 7.11 Å². The smallest absolute Gasteiger partial charge is 0.136 e. The molecule has 3 rings (SSSR count). The molecule has 0 amide bonds. The molecule has 0 unspecified atom stereocenters. The third-order valence-corrected chi connectivity index (χ3v) is 3.73. The number of nitrogens with zero attached hydrogens (tertiary/aromatic N) is 2. The van der Waals surface area contributed by atoms with E-state index in [0.717, 1.165) is 27.9 Å². The Balaban J connectivity index is 2.06. The Kier molecular flexibility index (Phi) is 3.85. The highest BCUT2D eigenvalue weighted by atomic mass is 79.9. The predicted octanol–water partition coefficient (Wildman–Crippen LogP) is 3.99. The lowest BCUT2D eigenvalue weighted by Gasteiger charge is -2.09. The van der Waals surface area contributed by atoms with Gasteiger partial charge in [-0.1, -0.05) is 40.2 Å². The molecule has 0 atom stereocenters. The van der Waals surface area contributed by atoms with Crippen LogP contribution in [0.2, 0.25) is 0 Å². The first-order valence-corrected chi connectivity index (χ1v) is 7.25. The Hall–Kier alpha value is -1.65. The maximum absolute atomic E-state index is 5.27. The number of imidazole rings is 1. The molecule has 3 nitrogen and oxygen atoms in total. The quantitative estimate of drug-likeness (QED) is 0.723. The molecule has 0 N–H and O–H groups in total. The van der Waals surface area contributed by atoms with Gasteiger partial charge in [-0.2, -0.15) is 0 Å².